The predicted octanol–water partition coefficient (Wildman–Crippen LogP) is 2.69. The van der Waals surface area contributed by atoms with E-state index in [-0.39, 0.29) is 17.6 Å². The smallest absolute Gasteiger partial charge is 0.253 e. The first kappa shape index (κ1) is 16.4. The minimum atomic E-state index is -0.344. The van der Waals surface area contributed by atoms with E-state index in [4.69, 9.17) is 4.74 Å². The number of carbonyl (C=O) groups is 1. The molecule has 3 rings (SSSR count). The number of ether oxygens (including phenoxy) is 1. The van der Waals surface area contributed by atoms with Crippen LogP contribution in [0.5, 0.6) is 0 Å². The highest BCUT2D eigenvalue weighted by Crippen LogP contribution is 2.42. The van der Waals surface area contributed by atoms with Gasteiger partial charge >= 0.3 is 0 Å². The summed E-state index contributed by atoms with van der Waals surface area (Å²) in [4.78, 5) is 19.0. The summed E-state index contributed by atoms with van der Waals surface area (Å²) in [5.41, 5.74) is 0.604. The Morgan fingerprint density at radius 3 is 2.96 bits per heavy atom. The van der Waals surface area contributed by atoms with Crippen molar-refractivity contribution in [3.8, 4) is 0 Å². The second-order valence-corrected chi connectivity index (χ2v) is 7.18. The van der Waals surface area contributed by atoms with Gasteiger partial charge in [0.15, 0.2) is 0 Å². The molecule has 23 heavy (non-hydrogen) atoms. The Morgan fingerprint density at radius 2 is 2.30 bits per heavy atom. The molecule has 1 N–H and O–H groups in total. The number of hydrogen-bond acceptors (Lipinski definition) is 4. The number of aromatic nitrogens is 1. The average Bonchev–Trinajstić information content (AvgIpc) is 2.96. The van der Waals surface area contributed by atoms with E-state index in [1.54, 1.807) is 12.4 Å². The van der Waals surface area contributed by atoms with E-state index in [1.807, 2.05) is 12.1 Å². The molecule has 1 spiro atoms. The number of carbonyl (C=O) groups excluding carboxylic acids is 1. The van der Waals surface area contributed by atoms with Crippen molar-refractivity contribution in [1.29, 1.82) is 0 Å². The predicted molar refractivity (Wildman–Crippen MR) is 90.2 cm³/mol. The Balaban J connectivity index is 1.61. The fourth-order valence-electron chi connectivity index (χ4n) is 3.82. The molecule has 0 aromatic carbocycles. The summed E-state index contributed by atoms with van der Waals surface area (Å²) in [5, 5.41) is 2.91. The Morgan fingerprint density at radius 1 is 1.48 bits per heavy atom. The number of piperidine rings is 1. The molecular formula is C18H27N3O2. The molecule has 5 nitrogen and oxygen atoms in total. The van der Waals surface area contributed by atoms with Crippen molar-refractivity contribution in [3.05, 3.63) is 24.5 Å². The van der Waals surface area contributed by atoms with Gasteiger partial charge in [-0.1, -0.05) is 6.92 Å². The van der Waals surface area contributed by atoms with Gasteiger partial charge in [0.2, 0.25) is 0 Å². The molecule has 5 heteroatoms. The second kappa shape index (κ2) is 6.57. The molecule has 3 unspecified atom stereocenters. The number of amides is 1. The van der Waals surface area contributed by atoms with Crippen LogP contribution in [0, 0.1) is 5.92 Å². The molecule has 3 heterocycles. The third-order valence-electron chi connectivity index (χ3n) is 5.39. The summed E-state index contributed by atoms with van der Waals surface area (Å²) < 4.78 is 6.31. The largest absolute Gasteiger partial charge is 0.362 e. The molecular weight excluding hydrogens is 290 g/mol. The first-order valence-electron chi connectivity index (χ1n) is 8.63. The Labute approximate surface area is 138 Å². The lowest BCUT2D eigenvalue weighted by Crippen LogP contribution is -2.53. The van der Waals surface area contributed by atoms with Crippen molar-refractivity contribution in [2.75, 3.05) is 18.4 Å². The fourth-order valence-corrected chi connectivity index (χ4v) is 3.82. The van der Waals surface area contributed by atoms with Gasteiger partial charge in [-0.05, 0) is 51.2 Å². The van der Waals surface area contributed by atoms with Crippen molar-refractivity contribution >= 4 is 11.6 Å². The Kier molecular flexibility index (Phi) is 4.69. The molecule has 1 aromatic rings. The van der Waals surface area contributed by atoms with E-state index in [1.165, 1.54) is 0 Å². The van der Waals surface area contributed by atoms with E-state index in [9.17, 15) is 4.79 Å². The van der Waals surface area contributed by atoms with E-state index >= 15 is 0 Å². The van der Waals surface area contributed by atoms with Crippen LogP contribution in [0.25, 0.3) is 0 Å². The number of nitrogens with zero attached hydrogens (tertiary/aromatic N) is 2. The maximum Gasteiger partial charge on any atom is 0.253 e. The molecule has 0 bridgehead atoms. The van der Waals surface area contributed by atoms with Crippen molar-refractivity contribution in [2.24, 2.45) is 5.92 Å². The Bertz CT molecular complexity index is 548. The third-order valence-corrected chi connectivity index (χ3v) is 5.39. The van der Waals surface area contributed by atoms with Gasteiger partial charge in [0.1, 0.15) is 6.10 Å². The van der Waals surface area contributed by atoms with Crippen molar-refractivity contribution in [3.63, 3.8) is 0 Å². The lowest BCUT2D eigenvalue weighted by Gasteiger charge is -2.45. The zero-order chi connectivity index (χ0) is 16.4. The van der Waals surface area contributed by atoms with Crippen LogP contribution in [0.2, 0.25) is 0 Å². The summed E-state index contributed by atoms with van der Waals surface area (Å²) in [6, 6.07) is 4.23. The van der Waals surface area contributed by atoms with Crippen LogP contribution in [0.1, 0.15) is 40.0 Å². The lowest BCUT2D eigenvalue weighted by molar-refractivity contribution is -0.143. The van der Waals surface area contributed by atoms with Gasteiger partial charge in [-0.25, -0.2) is 0 Å². The van der Waals surface area contributed by atoms with E-state index in [0.29, 0.717) is 12.0 Å². The van der Waals surface area contributed by atoms with Gasteiger partial charge in [0, 0.05) is 25.3 Å². The Hall–Kier alpha value is -1.46. The van der Waals surface area contributed by atoms with E-state index in [2.05, 4.69) is 36.0 Å². The number of nitrogens with one attached hydrogen (secondary N) is 1. The van der Waals surface area contributed by atoms with E-state index in [0.717, 1.165) is 38.0 Å². The average molecular weight is 317 g/mol. The quantitative estimate of drug-likeness (QED) is 0.931. The van der Waals surface area contributed by atoms with Crippen LogP contribution < -0.4 is 5.32 Å². The van der Waals surface area contributed by atoms with E-state index < -0.39 is 0 Å². The summed E-state index contributed by atoms with van der Waals surface area (Å²) in [5.74, 6) is 0.406. The molecule has 2 aliphatic heterocycles. The van der Waals surface area contributed by atoms with Crippen LogP contribution in [0.4, 0.5) is 5.69 Å². The summed E-state index contributed by atoms with van der Waals surface area (Å²) in [6.07, 6.45) is 5.81. The molecule has 126 valence electrons. The molecule has 3 atom stereocenters. The van der Waals surface area contributed by atoms with Crippen molar-refractivity contribution < 1.29 is 9.53 Å². The van der Waals surface area contributed by atoms with Gasteiger partial charge in [-0.2, -0.15) is 0 Å². The molecule has 2 aliphatic rings. The maximum absolute atomic E-state index is 12.4. The van der Waals surface area contributed by atoms with Gasteiger partial charge in [-0.3, -0.25) is 9.78 Å². The fraction of sp³-hybridized carbons (Fsp3) is 0.667. The first-order valence-corrected chi connectivity index (χ1v) is 8.63. The molecule has 2 fully saturated rings. The molecule has 1 amide bonds. The van der Waals surface area contributed by atoms with Crippen LogP contribution >= 0.6 is 0 Å². The van der Waals surface area contributed by atoms with Crippen LogP contribution in [-0.2, 0) is 9.53 Å². The standard InChI is InChI=1S/C18H27N3O2/c1-13(2)21-10-8-18(14(3)12-21)7-6-16(23-18)17(22)20-15-5-4-9-19-11-15/h4-5,9,11,13-14,16H,6-8,10,12H2,1-3H3,(H,20,22). The van der Waals surface area contributed by atoms with Gasteiger partial charge < -0.3 is 15.0 Å². The maximum atomic E-state index is 12.4. The summed E-state index contributed by atoms with van der Waals surface area (Å²) in [7, 11) is 0. The van der Waals surface area contributed by atoms with Crippen molar-refractivity contribution in [1.82, 2.24) is 9.88 Å². The monoisotopic (exact) mass is 317 g/mol. The number of pyridine rings is 1. The number of rotatable bonds is 3. The lowest BCUT2D eigenvalue weighted by atomic mass is 9.79. The molecule has 0 radical (unpaired) electrons. The second-order valence-electron chi connectivity index (χ2n) is 7.18. The number of likely N-dealkylation sites (tertiary alicyclic amines) is 1. The van der Waals surface area contributed by atoms with Crippen molar-refractivity contribution in [2.45, 2.75) is 57.8 Å². The number of anilines is 1. The highest BCUT2D eigenvalue weighted by Gasteiger charge is 2.49. The van der Waals surface area contributed by atoms with Gasteiger partial charge in [-0.15, -0.1) is 0 Å². The summed E-state index contributed by atoms with van der Waals surface area (Å²) >= 11 is 0. The minimum absolute atomic E-state index is 0.0478. The molecule has 0 saturated carbocycles. The first-order chi connectivity index (χ1) is 11.0. The normalized spacial score (nSPS) is 31.7. The topological polar surface area (TPSA) is 54.5 Å². The molecule has 0 aliphatic carbocycles. The highest BCUT2D eigenvalue weighted by molar-refractivity contribution is 5.94. The van der Waals surface area contributed by atoms with Gasteiger partial charge in [0.05, 0.1) is 17.5 Å². The van der Waals surface area contributed by atoms with Crippen LogP contribution in [0.15, 0.2) is 24.5 Å². The van der Waals surface area contributed by atoms with Gasteiger partial charge in [0.25, 0.3) is 5.91 Å². The third kappa shape index (κ3) is 3.40. The zero-order valence-electron chi connectivity index (χ0n) is 14.3. The highest BCUT2D eigenvalue weighted by atomic mass is 16.5. The molecule has 2 saturated heterocycles. The molecule has 1 aromatic heterocycles. The van der Waals surface area contributed by atoms with Crippen LogP contribution in [0.3, 0.4) is 0 Å². The SMILES string of the molecule is CC(C)N1CCC2(CCC(C(=O)Nc3cccnc3)O2)C(C)C1. The number of hydrogen-bond donors (Lipinski definition) is 1. The summed E-state index contributed by atoms with van der Waals surface area (Å²) in [6.45, 7) is 8.85. The van der Waals surface area contributed by atoms with Crippen LogP contribution in [-0.4, -0.2) is 46.6 Å². The zero-order valence-corrected chi connectivity index (χ0v) is 14.3. The minimum Gasteiger partial charge on any atom is -0.362 e.